The number of carbonyl (C=O) groups excluding carboxylic acids is 2. The van der Waals surface area contributed by atoms with Crippen molar-refractivity contribution in [1.82, 2.24) is 19.9 Å². The number of H-pyrrole nitrogens is 2. The molecule has 0 radical (unpaired) electrons. The molecule has 3 heterocycles. The van der Waals surface area contributed by atoms with E-state index in [1.165, 1.54) is 6.08 Å². The minimum Gasteiger partial charge on any atom is -0.457 e. The van der Waals surface area contributed by atoms with Gasteiger partial charge in [0.1, 0.15) is 11.5 Å². The van der Waals surface area contributed by atoms with Gasteiger partial charge in [0.25, 0.3) is 5.91 Å². The number of nitrogens with two attached hydrogens (primary N) is 1. The molecule has 0 unspecified atom stereocenters. The summed E-state index contributed by atoms with van der Waals surface area (Å²) in [4.78, 5) is 48.9. The number of fused-ring (bicyclic) bond motifs is 1. The minimum absolute atomic E-state index is 0.0193. The van der Waals surface area contributed by atoms with Crippen LogP contribution in [0.4, 0.5) is 0 Å². The summed E-state index contributed by atoms with van der Waals surface area (Å²) in [5, 5.41) is 0. The highest BCUT2D eigenvalue weighted by atomic mass is 16.5. The van der Waals surface area contributed by atoms with Crippen molar-refractivity contribution < 1.29 is 14.3 Å². The van der Waals surface area contributed by atoms with Gasteiger partial charge in [-0.2, -0.15) is 0 Å². The number of nitrogens with one attached hydrogen (secondary N) is 2. The van der Waals surface area contributed by atoms with E-state index in [0.29, 0.717) is 65.4 Å². The first kappa shape index (κ1) is 23.1. The number of rotatable bonds is 6. The van der Waals surface area contributed by atoms with Gasteiger partial charge in [-0.05, 0) is 55.3 Å². The van der Waals surface area contributed by atoms with Crippen LogP contribution in [0.5, 0.6) is 11.5 Å². The minimum atomic E-state index is -0.694. The van der Waals surface area contributed by atoms with E-state index in [1.54, 1.807) is 29.2 Å². The zero-order valence-electron chi connectivity index (χ0n) is 19.5. The normalized spacial score (nSPS) is 14.1. The van der Waals surface area contributed by atoms with Crippen LogP contribution in [0.1, 0.15) is 34.8 Å². The van der Waals surface area contributed by atoms with Gasteiger partial charge < -0.3 is 25.3 Å². The first-order valence-electron chi connectivity index (χ1n) is 11.6. The SMILES string of the molecule is C=CC(=O)N1CCC(c2nc(-c3ccc(Oc4ccccc4)cc3)c(C(N)=O)c3[nH]c(=O)[nH]c23)CC1. The molecule has 1 aliphatic heterocycles. The van der Waals surface area contributed by atoms with Crippen LogP contribution in [0.25, 0.3) is 22.3 Å². The maximum Gasteiger partial charge on any atom is 0.323 e. The second-order valence-electron chi connectivity index (χ2n) is 8.66. The van der Waals surface area contributed by atoms with Crippen molar-refractivity contribution in [1.29, 1.82) is 0 Å². The van der Waals surface area contributed by atoms with Gasteiger partial charge >= 0.3 is 5.69 Å². The number of para-hydroxylation sites is 1. The van der Waals surface area contributed by atoms with E-state index >= 15 is 0 Å². The van der Waals surface area contributed by atoms with Gasteiger partial charge in [-0.25, -0.2) is 9.78 Å². The molecule has 5 rings (SSSR count). The number of pyridine rings is 1. The molecule has 0 aliphatic carbocycles. The molecule has 9 heteroatoms. The van der Waals surface area contributed by atoms with Crippen molar-refractivity contribution in [3.63, 3.8) is 0 Å². The van der Waals surface area contributed by atoms with E-state index in [1.807, 2.05) is 30.3 Å². The number of aromatic amines is 2. The molecular formula is C27H25N5O4. The first-order valence-corrected chi connectivity index (χ1v) is 11.6. The number of hydrogen-bond acceptors (Lipinski definition) is 5. The predicted octanol–water partition coefficient (Wildman–Crippen LogP) is 3.70. The van der Waals surface area contributed by atoms with Crippen molar-refractivity contribution in [3.05, 3.63) is 89.0 Å². The molecule has 2 amide bonds. The molecule has 0 atom stereocenters. The Morgan fingerprint density at radius 3 is 2.28 bits per heavy atom. The molecule has 0 saturated carbocycles. The molecule has 1 saturated heterocycles. The van der Waals surface area contributed by atoms with Gasteiger partial charge in [0.2, 0.25) is 5.91 Å². The monoisotopic (exact) mass is 483 g/mol. The van der Waals surface area contributed by atoms with Crippen LogP contribution in [-0.2, 0) is 4.79 Å². The zero-order chi connectivity index (χ0) is 25.2. The third-order valence-electron chi connectivity index (χ3n) is 6.42. The summed E-state index contributed by atoms with van der Waals surface area (Å²) in [6, 6.07) is 16.6. The van der Waals surface area contributed by atoms with Gasteiger partial charge in [-0.15, -0.1) is 0 Å². The molecule has 1 fully saturated rings. The Morgan fingerprint density at radius 2 is 1.64 bits per heavy atom. The second-order valence-corrected chi connectivity index (χ2v) is 8.66. The lowest BCUT2D eigenvalue weighted by Crippen LogP contribution is -2.37. The largest absolute Gasteiger partial charge is 0.457 e. The summed E-state index contributed by atoms with van der Waals surface area (Å²) in [6.45, 7) is 4.65. The van der Waals surface area contributed by atoms with Crippen LogP contribution >= 0.6 is 0 Å². The van der Waals surface area contributed by atoms with Crippen LogP contribution in [0.2, 0.25) is 0 Å². The lowest BCUT2D eigenvalue weighted by Gasteiger charge is -2.31. The summed E-state index contributed by atoms with van der Waals surface area (Å²) in [7, 11) is 0. The van der Waals surface area contributed by atoms with Crippen molar-refractivity contribution in [2.24, 2.45) is 5.73 Å². The molecule has 0 spiro atoms. The zero-order valence-corrected chi connectivity index (χ0v) is 19.5. The van der Waals surface area contributed by atoms with Gasteiger partial charge in [-0.3, -0.25) is 9.59 Å². The molecule has 36 heavy (non-hydrogen) atoms. The smallest absolute Gasteiger partial charge is 0.323 e. The molecule has 4 N–H and O–H groups in total. The number of piperidine rings is 1. The number of ether oxygens (including phenoxy) is 1. The van der Waals surface area contributed by atoms with Gasteiger partial charge in [0.15, 0.2) is 0 Å². The van der Waals surface area contributed by atoms with Crippen molar-refractivity contribution in [2.75, 3.05) is 13.1 Å². The number of nitrogens with zero attached hydrogens (tertiary/aromatic N) is 2. The summed E-state index contributed by atoms with van der Waals surface area (Å²) < 4.78 is 5.87. The van der Waals surface area contributed by atoms with Crippen LogP contribution in [0.3, 0.4) is 0 Å². The molecule has 4 aromatic rings. The summed E-state index contributed by atoms with van der Waals surface area (Å²) in [5.41, 5.74) is 7.97. The molecule has 9 nitrogen and oxygen atoms in total. The fraction of sp³-hybridized carbons (Fsp3) is 0.185. The average Bonchev–Trinajstić information content (AvgIpc) is 3.29. The number of benzene rings is 2. The maximum atomic E-state index is 12.5. The van der Waals surface area contributed by atoms with E-state index in [4.69, 9.17) is 15.5 Å². The highest BCUT2D eigenvalue weighted by Crippen LogP contribution is 2.36. The fourth-order valence-electron chi connectivity index (χ4n) is 4.67. The Hall–Kier alpha value is -4.66. The van der Waals surface area contributed by atoms with Gasteiger partial charge in [0, 0.05) is 24.6 Å². The van der Waals surface area contributed by atoms with E-state index in [-0.39, 0.29) is 17.4 Å². The second kappa shape index (κ2) is 9.53. The quantitative estimate of drug-likeness (QED) is 0.360. The van der Waals surface area contributed by atoms with Crippen LogP contribution in [0.15, 0.2) is 72.0 Å². The Morgan fingerprint density at radius 1 is 1.00 bits per heavy atom. The number of amides is 2. The number of likely N-dealkylation sites (tertiary alicyclic amines) is 1. The standard InChI is InChI=1S/C27H25N5O4/c1-2-20(33)32-14-12-17(13-15-32)23-25-24(30-27(35)31-25)21(26(28)34)22(29-23)16-8-10-19(11-9-16)36-18-6-4-3-5-7-18/h2-11,17H,1,12-15H2,(H2,28,34)(H2,30,31,35). The first-order chi connectivity index (χ1) is 17.4. The molecule has 2 aromatic heterocycles. The van der Waals surface area contributed by atoms with Crippen LogP contribution in [-0.4, -0.2) is 44.8 Å². The van der Waals surface area contributed by atoms with E-state index < -0.39 is 11.6 Å². The molecular weight excluding hydrogens is 458 g/mol. The summed E-state index contributed by atoms with van der Waals surface area (Å²) in [6.07, 6.45) is 2.63. The Bertz CT molecular complexity index is 1500. The Balaban J connectivity index is 1.55. The molecule has 1 aliphatic rings. The van der Waals surface area contributed by atoms with Crippen LogP contribution in [0, 0.1) is 0 Å². The van der Waals surface area contributed by atoms with Crippen LogP contribution < -0.4 is 16.2 Å². The van der Waals surface area contributed by atoms with Gasteiger partial charge in [0.05, 0.1) is 28.0 Å². The van der Waals surface area contributed by atoms with Crippen molar-refractivity contribution in [2.45, 2.75) is 18.8 Å². The number of aromatic nitrogens is 3. The molecule has 2 aromatic carbocycles. The third kappa shape index (κ3) is 4.38. The molecule has 182 valence electrons. The van der Waals surface area contributed by atoms with E-state index in [2.05, 4.69) is 16.5 Å². The third-order valence-corrected chi connectivity index (χ3v) is 6.42. The lowest BCUT2D eigenvalue weighted by atomic mass is 9.90. The topological polar surface area (TPSA) is 134 Å². The Kier molecular flexibility index (Phi) is 6.12. The molecule has 0 bridgehead atoms. The number of carbonyl (C=O) groups is 2. The fourth-order valence-corrected chi connectivity index (χ4v) is 4.67. The van der Waals surface area contributed by atoms with Gasteiger partial charge in [-0.1, -0.05) is 24.8 Å². The van der Waals surface area contributed by atoms with Crippen molar-refractivity contribution >= 4 is 22.8 Å². The number of primary amides is 1. The average molecular weight is 484 g/mol. The highest BCUT2D eigenvalue weighted by Gasteiger charge is 2.29. The highest BCUT2D eigenvalue weighted by molar-refractivity contribution is 6.09. The summed E-state index contributed by atoms with van der Waals surface area (Å²) in [5.74, 6) is 0.510. The van der Waals surface area contributed by atoms with E-state index in [0.717, 1.165) is 0 Å². The lowest BCUT2D eigenvalue weighted by molar-refractivity contribution is -0.127. The number of imidazole rings is 1. The Labute approximate surface area is 206 Å². The van der Waals surface area contributed by atoms with Crippen molar-refractivity contribution in [3.8, 4) is 22.8 Å². The predicted molar refractivity (Wildman–Crippen MR) is 136 cm³/mol. The van der Waals surface area contributed by atoms with E-state index in [9.17, 15) is 14.4 Å². The maximum absolute atomic E-state index is 12.5. The number of hydrogen-bond donors (Lipinski definition) is 3. The summed E-state index contributed by atoms with van der Waals surface area (Å²) >= 11 is 0.